The predicted molar refractivity (Wildman–Crippen MR) is 107 cm³/mol. The van der Waals surface area contributed by atoms with Crippen LogP contribution in [0.4, 0.5) is 0 Å². The Morgan fingerprint density at radius 2 is 1.67 bits per heavy atom. The van der Waals surface area contributed by atoms with E-state index in [4.69, 9.17) is 23.7 Å². The van der Waals surface area contributed by atoms with E-state index in [-0.39, 0.29) is 19.8 Å². The van der Waals surface area contributed by atoms with Gasteiger partial charge in [-0.05, 0) is 6.92 Å². The second-order valence-corrected chi connectivity index (χ2v) is 7.58. The van der Waals surface area contributed by atoms with Crippen LogP contribution in [0, 0.1) is 0 Å². The standard InChI is InChI=1S/C18H28N2O9S/c1-10(21)25-7-6-19-18-20-8-15(27-12(3)23)17(28-13(4)24)16(9-26-11(2)22)29-14(5)30-18/h14-17H,6-9H2,1-5H3,(H,19,20)/t14?,15-,16-,17+/m1/s1. The lowest BCUT2D eigenvalue weighted by atomic mass is 10.1. The molecule has 0 aromatic heterocycles. The Balaban J connectivity index is 3.07. The molecule has 1 rings (SSSR count). The van der Waals surface area contributed by atoms with E-state index in [1.165, 1.54) is 39.5 Å². The van der Waals surface area contributed by atoms with Crippen LogP contribution in [0.15, 0.2) is 4.99 Å². The Bertz CT molecular complexity index is 656. The number of aliphatic imine (C=N–C) groups is 1. The molecule has 1 aliphatic heterocycles. The summed E-state index contributed by atoms with van der Waals surface area (Å²) in [5, 5.41) is 3.48. The summed E-state index contributed by atoms with van der Waals surface area (Å²) >= 11 is 1.23. The van der Waals surface area contributed by atoms with Crippen molar-refractivity contribution < 1.29 is 42.9 Å². The molecule has 1 unspecified atom stereocenters. The lowest BCUT2D eigenvalue weighted by molar-refractivity contribution is -0.184. The molecule has 170 valence electrons. The van der Waals surface area contributed by atoms with E-state index in [1.54, 1.807) is 6.92 Å². The Morgan fingerprint density at radius 3 is 2.23 bits per heavy atom. The van der Waals surface area contributed by atoms with Gasteiger partial charge in [0.25, 0.3) is 0 Å². The minimum atomic E-state index is -1.04. The normalized spacial score (nSPS) is 24.2. The minimum absolute atomic E-state index is 0.0346. The molecule has 1 N–H and O–H groups in total. The summed E-state index contributed by atoms with van der Waals surface area (Å²) < 4.78 is 26.5. The third kappa shape index (κ3) is 10.4. The second-order valence-electron chi connectivity index (χ2n) is 6.30. The van der Waals surface area contributed by atoms with Gasteiger partial charge >= 0.3 is 23.9 Å². The molecule has 12 heteroatoms. The van der Waals surface area contributed by atoms with E-state index in [9.17, 15) is 19.2 Å². The molecule has 30 heavy (non-hydrogen) atoms. The number of amidine groups is 1. The van der Waals surface area contributed by atoms with Crippen LogP contribution in [-0.4, -0.2) is 79.1 Å². The second kappa shape index (κ2) is 13.1. The van der Waals surface area contributed by atoms with Crippen LogP contribution in [0.2, 0.25) is 0 Å². The predicted octanol–water partition coefficient (Wildman–Crippen LogP) is 0.400. The highest BCUT2D eigenvalue weighted by molar-refractivity contribution is 8.14. The van der Waals surface area contributed by atoms with Gasteiger partial charge in [-0.15, -0.1) is 0 Å². The van der Waals surface area contributed by atoms with Gasteiger partial charge in [0.1, 0.15) is 24.8 Å². The molecular formula is C18H28N2O9S. The number of rotatable bonds is 7. The number of nitrogens with zero attached hydrogens (tertiary/aromatic N) is 1. The third-order valence-corrected chi connectivity index (χ3v) is 4.49. The lowest BCUT2D eigenvalue weighted by Gasteiger charge is -2.31. The van der Waals surface area contributed by atoms with Crippen LogP contribution in [-0.2, 0) is 42.9 Å². The summed E-state index contributed by atoms with van der Waals surface area (Å²) in [5.41, 5.74) is -0.486. The molecule has 0 amide bonds. The van der Waals surface area contributed by atoms with Crippen molar-refractivity contribution in [2.45, 2.75) is 58.4 Å². The van der Waals surface area contributed by atoms with Gasteiger partial charge in [0.15, 0.2) is 17.4 Å². The van der Waals surface area contributed by atoms with E-state index in [0.717, 1.165) is 0 Å². The molecular weight excluding hydrogens is 420 g/mol. The molecule has 0 fully saturated rings. The van der Waals surface area contributed by atoms with Crippen molar-refractivity contribution in [3.05, 3.63) is 0 Å². The monoisotopic (exact) mass is 448 g/mol. The van der Waals surface area contributed by atoms with Gasteiger partial charge in [-0.1, -0.05) is 11.8 Å². The van der Waals surface area contributed by atoms with Crippen LogP contribution in [0.1, 0.15) is 34.6 Å². The van der Waals surface area contributed by atoms with Crippen LogP contribution >= 0.6 is 11.8 Å². The van der Waals surface area contributed by atoms with Gasteiger partial charge in [0.05, 0.1) is 13.1 Å². The van der Waals surface area contributed by atoms with Crippen molar-refractivity contribution in [1.82, 2.24) is 5.32 Å². The van der Waals surface area contributed by atoms with Crippen molar-refractivity contribution in [3.63, 3.8) is 0 Å². The van der Waals surface area contributed by atoms with Gasteiger partial charge in [0.2, 0.25) is 0 Å². The molecule has 0 aromatic carbocycles. The number of hydrogen-bond donors (Lipinski definition) is 1. The van der Waals surface area contributed by atoms with E-state index >= 15 is 0 Å². The number of nitrogens with one attached hydrogen (secondary N) is 1. The zero-order valence-electron chi connectivity index (χ0n) is 17.7. The Morgan fingerprint density at radius 1 is 1.03 bits per heavy atom. The van der Waals surface area contributed by atoms with Gasteiger partial charge in [0, 0.05) is 27.7 Å². The molecule has 0 saturated carbocycles. The zero-order valence-corrected chi connectivity index (χ0v) is 18.5. The fraction of sp³-hybridized carbons (Fsp3) is 0.722. The Labute approximate surface area is 179 Å². The highest BCUT2D eigenvalue weighted by Crippen LogP contribution is 2.23. The molecule has 0 spiro atoms. The van der Waals surface area contributed by atoms with Gasteiger partial charge in [-0.2, -0.15) is 0 Å². The number of hydrogen-bond acceptors (Lipinski definition) is 12. The first kappa shape index (κ1) is 25.7. The molecule has 11 nitrogen and oxygen atoms in total. The van der Waals surface area contributed by atoms with E-state index < -0.39 is 47.6 Å². The van der Waals surface area contributed by atoms with Gasteiger partial charge in [-0.3, -0.25) is 24.2 Å². The quantitative estimate of drug-likeness (QED) is 0.329. The molecule has 0 bridgehead atoms. The van der Waals surface area contributed by atoms with Crippen molar-refractivity contribution in [2.24, 2.45) is 4.99 Å². The fourth-order valence-corrected chi connectivity index (χ4v) is 3.35. The van der Waals surface area contributed by atoms with Gasteiger partial charge < -0.3 is 29.0 Å². The van der Waals surface area contributed by atoms with Crippen molar-refractivity contribution in [3.8, 4) is 0 Å². The summed E-state index contributed by atoms with van der Waals surface area (Å²) in [4.78, 5) is 49.8. The summed E-state index contributed by atoms with van der Waals surface area (Å²) in [6.45, 7) is 6.94. The highest BCUT2D eigenvalue weighted by atomic mass is 32.2. The molecule has 1 aliphatic rings. The van der Waals surface area contributed by atoms with Crippen LogP contribution in [0.5, 0.6) is 0 Å². The maximum atomic E-state index is 11.7. The maximum absolute atomic E-state index is 11.7. The lowest BCUT2D eigenvalue weighted by Crippen LogP contribution is -2.48. The number of carbonyl (C=O) groups is 4. The van der Waals surface area contributed by atoms with Crippen molar-refractivity contribution in [1.29, 1.82) is 0 Å². The van der Waals surface area contributed by atoms with Crippen LogP contribution < -0.4 is 5.32 Å². The maximum Gasteiger partial charge on any atom is 0.303 e. The Hall–Kier alpha value is -2.34. The SMILES string of the molecule is CC(=O)OCCNC1=NC[C@@H](OC(C)=O)[C@H](OC(C)=O)[C@@H](COC(C)=O)OC(C)S1. The summed E-state index contributed by atoms with van der Waals surface area (Å²) in [6.07, 6.45) is -2.90. The highest BCUT2D eigenvalue weighted by Gasteiger charge is 2.38. The van der Waals surface area contributed by atoms with Crippen LogP contribution in [0.25, 0.3) is 0 Å². The topological polar surface area (TPSA) is 139 Å². The molecule has 0 aromatic rings. The number of thioether (sulfide) groups is 1. The average Bonchev–Trinajstić information content (AvgIpc) is 2.67. The number of esters is 4. The molecule has 4 atom stereocenters. The zero-order chi connectivity index (χ0) is 22.7. The summed E-state index contributed by atoms with van der Waals surface area (Å²) in [5.74, 6) is -2.14. The van der Waals surface area contributed by atoms with E-state index in [2.05, 4.69) is 10.3 Å². The van der Waals surface area contributed by atoms with Crippen molar-refractivity contribution >= 4 is 40.8 Å². The smallest absolute Gasteiger partial charge is 0.303 e. The Kier molecular flexibility index (Phi) is 11.2. The van der Waals surface area contributed by atoms with E-state index in [0.29, 0.717) is 11.7 Å². The van der Waals surface area contributed by atoms with Crippen LogP contribution in [0.3, 0.4) is 0 Å². The van der Waals surface area contributed by atoms with Gasteiger partial charge in [-0.25, -0.2) is 0 Å². The average molecular weight is 448 g/mol. The molecule has 0 saturated heterocycles. The first-order valence-electron chi connectivity index (χ1n) is 9.30. The third-order valence-electron chi connectivity index (χ3n) is 3.55. The first-order chi connectivity index (χ1) is 14.1. The minimum Gasteiger partial charge on any atom is -0.464 e. The molecule has 1 heterocycles. The fourth-order valence-electron chi connectivity index (χ4n) is 2.51. The molecule has 0 radical (unpaired) electrons. The number of carbonyl (C=O) groups excluding carboxylic acids is 4. The summed E-state index contributed by atoms with van der Waals surface area (Å²) in [7, 11) is 0. The number of ether oxygens (including phenoxy) is 5. The largest absolute Gasteiger partial charge is 0.464 e. The molecule has 0 aliphatic carbocycles. The first-order valence-corrected chi connectivity index (χ1v) is 10.2. The summed E-state index contributed by atoms with van der Waals surface area (Å²) in [6, 6.07) is 0. The van der Waals surface area contributed by atoms with E-state index in [1.807, 2.05) is 0 Å². The van der Waals surface area contributed by atoms with Crippen molar-refractivity contribution in [2.75, 3.05) is 26.3 Å².